The zero-order valence-corrected chi connectivity index (χ0v) is 20.3. The van der Waals surface area contributed by atoms with Gasteiger partial charge in [-0.1, -0.05) is 35.3 Å². The van der Waals surface area contributed by atoms with Crippen molar-refractivity contribution in [3.8, 4) is 11.5 Å². The van der Waals surface area contributed by atoms with Gasteiger partial charge in [0.1, 0.15) is 0 Å². The summed E-state index contributed by atoms with van der Waals surface area (Å²) in [5.74, 6) is -1.06. The van der Waals surface area contributed by atoms with E-state index in [1.807, 2.05) is 13.0 Å². The molecule has 0 saturated heterocycles. The van der Waals surface area contributed by atoms with Gasteiger partial charge in [0.2, 0.25) is 0 Å². The van der Waals surface area contributed by atoms with Crippen LogP contribution < -0.4 is 14.8 Å². The Bertz CT molecular complexity index is 1020. The van der Waals surface area contributed by atoms with Gasteiger partial charge in [-0.25, -0.2) is 9.59 Å². The molecule has 1 aliphatic rings. The standard InChI is InChI=1S/C23H25Cl2NO8/c1-12(26-11-17(27)14-5-6-15(24)16(25)10-14)8-13-4-7-18-19(9-13)33-23(32-18)34-20(21(28)30-2)22(29)31-3/h4-7,9-10,12,17,20,23,26-27H,8,11H2,1-3H3/t12-,17+,23-/m1/s1. The molecule has 0 bridgehead atoms. The molecule has 184 valence electrons. The summed E-state index contributed by atoms with van der Waals surface area (Å²) in [4.78, 5) is 23.6. The molecule has 34 heavy (non-hydrogen) atoms. The number of ether oxygens (including phenoxy) is 5. The van der Waals surface area contributed by atoms with E-state index in [1.54, 1.807) is 30.3 Å². The summed E-state index contributed by atoms with van der Waals surface area (Å²) in [6.07, 6.45) is -1.76. The Morgan fingerprint density at radius 3 is 2.35 bits per heavy atom. The summed E-state index contributed by atoms with van der Waals surface area (Å²) in [6, 6.07) is 10.4. The molecule has 1 aliphatic heterocycles. The first-order valence-electron chi connectivity index (χ1n) is 10.4. The number of hydrogen-bond acceptors (Lipinski definition) is 9. The third-order valence-corrected chi connectivity index (χ3v) is 5.80. The Morgan fingerprint density at radius 2 is 1.71 bits per heavy atom. The predicted molar refractivity (Wildman–Crippen MR) is 123 cm³/mol. The van der Waals surface area contributed by atoms with Gasteiger partial charge in [0, 0.05) is 12.6 Å². The van der Waals surface area contributed by atoms with E-state index in [1.165, 1.54) is 0 Å². The third-order valence-electron chi connectivity index (χ3n) is 5.06. The Kier molecular flexibility index (Phi) is 8.98. The molecule has 11 heteroatoms. The number of benzene rings is 2. The molecule has 0 aliphatic carbocycles. The van der Waals surface area contributed by atoms with Crippen molar-refractivity contribution in [2.24, 2.45) is 0 Å². The number of rotatable bonds is 10. The lowest BCUT2D eigenvalue weighted by molar-refractivity contribution is -0.221. The predicted octanol–water partition coefficient (Wildman–Crippen LogP) is 3.03. The van der Waals surface area contributed by atoms with E-state index in [0.29, 0.717) is 40.1 Å². The van der Waals surface area contributed by atoms with Crippen LogP contribution in [0.4, 0.5) is 0 Å². The highest BCUT2D eigenvalue weighted by atomic mass is 35.5. The largest absolute Gasteiger partial charge is 0.467 e. The smallest absolute Gasteiger partial charge is 0.362 e. The lowest BCUT2D eigenvalue weighted by Crippen LogP contribution is -2.40. The third kappa shape index (κ3) is 6.52. The molecule has 0 unspecified atom stereocenters. The van der Waals surface area contributed by atoms with E-state index in [9.17, 15) is 14.7 Å². The molecule has 9 nitrogen and oxygen atoms in total. The molecular formula is C23H25Cl2NO8. The van der Waals surface area contributed by atoms with Crippen LogP contribution in [0, 0.1) is 0 Å². The molecule has 0 amide bonds. The minimum Gasteiger partial charge on any atom is -0.467 e. The number of carbonyl (C=O) groups excluding carboxylic acids is 2. The van der Waals surface area contributed by atoms with Crippen molar-refractivity contribution in [3.05, 3.63) is 57.6 Å². The van der Waals surface area contributed by atoms with E-state index in [2.05, 4.69) is 14.8 Å². The monoisotopic (exact) mass is 513 g/mol. The maximum atomic E-state index is 11.8. The van der Waals surface area contributed by atoms with Crippen LogP contribution >= 0.6 is 23.2 Å². The fraction of sp³-hybridized carbons (Fsp3) is 0.391. The van der Waals surface area contributed by atoms with Gasteiger partial charge in [-0.05, 0) is 48.7 Å². The zero-order valence-electron chi connectivity index (χ0n) is 18.7. The molecule has 2 aromatic carbocycles. The Morgan fingerprint density at radius 1 is 1.03 bits per heavy atom. The summed E-state index contributed by atoms with van der Waals surface area (Å²) in [7, 11) is 2.25. The molecule has 0 radical (unpaired) electrons. The van der Waals surface area contributed by atoms with Gasteiger partial charge >= 0.3 is 18.4 Å². The number of aliphatic hydroxyl groups is 1. The number of aliphatic hydroxyl groups excluding tert-OH is 1. The summed E-state index contributed by atoms with van der Waals surface area (Å²) in [5.41, 5.74) is 1.60. The molecule has 3 rings (SSSR count). The summed E-state index contributed by atoms with van der Waals surface area (Å²) in [5, 5.41) is 14.5. The number of carbonyl (C=O) groups is 2. The molecule has 2 aromatic rings. The molecule has 0 aromatic heterocycles. The van der Waals surface area contributed by atoms with Crippen molar-refractivity contribution >= 4 is 35.1 Å². The highest BCUT2D eigenvalue weighted by Gasteiger charge is 2.37. The van der Waals surface area contributed by atoms with Crippen molar-refractivity contribution in [1.29, 1.82) is 0 Å². The lowest BCUT2D eigenvalue weighted by Gasteiger charge is -2.18. The lowest BCUT2D eigenvalue weighted by atomic mass is 10.1. The quantitative estimate of drug-likeness (QED) is 0.365. The first-order valence-corrected chi connectivity index (χ1v) is 11.1. The molecule has 0 fully saturated rings. The number of methoxy groups -OCH3 is 2. The number of halogens is 2. The minimum atomic E-state index is -1.64. The zero-order chi connectivity index (χ0) is 24.8. The first kappa shape index (κ1) is 26.1. The van der Waals surface area contributed by atoms with E-state index in [-0.39, 0.29) is 6.04 Å². The fourth-order valence-electron chi connectivity index (χ4n) is 3.26. The van der Waals surface area contributed by atoms with Crippen LogP contribution in [0.15, 0.2) is 36.4 Å². The summed E-state index contributed by atoms with van der Waals surface area (Å²) < 4.78 is 25.5. The van der Waals surface area contributed by atoms with Gasteiger partial charge in [0.05, 0.1) is 30.4 Å². The van der Waals surface area contributed by atoms with Crippen LogP contribution in [0.25, 0.3) is 0 Å². The summed E-state index contributed by atoms with van der Waals surface area (Å²) in [6.45, 7) is 0.988. The minimum absolute atomic E-state index is 0.0212. The second-order valence-corrected chi connectivity index (χ2v) is 8.39. The summed E-state index contributed by atoms with van der Waals surface area (Å²) >= 11 is 11.9. The molecule has 2 N–H and O–H groups in total. The highest BCUT2D eigenvalue weighted by Crippen LogP contribution is 2.36. The number of hydrogen-bond donors (Lipinski definition) is 2. The second-order valence-electron chi connectivity index (χ2n) is 7.57. The molecular weight excluding hydrogens is 489 g/mol. The van der Waals surface area contributed by atoms with Crippen molar-refractivity contribution < 1.29 is 38.4 Å². The van der Waals surface area contributed by atoms with Crippen molar-refractivity contribution in [2.75, 3.05) is 20.8 Å². The van der Waals surface area contributed by atoms with Crippen molar-refractivity contribution in [1.82, 2.24) is 5.32 Å². The maximum Gasteiger partial charge on any atom is 0.362 e. The average molecular weight is 514 g/mol. The van der Waals surface area contributed by atoms with Gasteiger partial charge in [-0.15, -0.1) is 0 Å². The van der Waals surface area contributed by atoms with Crippen molar-refractivity contribution in [2.45, 2.75) is 38.1 Å². The Labute approximate surface area is 206 Å². The van der Waals surface area contributed by atoms with Crippen LogP contribution in [0.5, 0.6) is 11.5 Å². The van der Waals surface area contributed by atoms with Gasteiger partial charge < -0.3 is 29.4 Å². The van der Waals surface area contributed by atoms with Crippen LogP contribution in [0.1, 0.15) is 24.2 Å². The van der Waals surface area contributed by atoms with Gasteiger partial charge in [0.25, 0.3) is 6.10 Å². The number of esters is 2. The van der Waals surface area contributed by atoms with E-state index in [0.717, 1.165) is 19.8 Å². The topological polar surface area (TPSA) is 113 Å². The molecule has 1 heterocycles. The molecule has 3 atom stereocenters. The fourth-order valence-corrected chi connectivity index (χ4v) is 3.57. The second kappa shape index (κ2) is 11.7. The molecule has 0 saturated carbocycles. The molecule has 0 spiro atoms. The Balaban J connectivity index is 1.54. The van der Waals surface area contributed by atoms with Crippen LogP contribution in [0.2, 0.25) is 10.0 Å². The van der Waals surface area contributed by atoms with Crippen molar-refractivity contribution in [3.63, 3.8) is 0 Å². The van der Waals surface area contributed by atoms with Crippen LogP contribution in [-0.2, 0) is 30.2 Å². The van der Waals surface area contributed by atoms with Crippen LogP contribution in [0.3, 0.4) is 0 Å². The average Bonchev–Trinajstić information content (AvgIpc) is 3.23. The van der Waals surface area contributed by atoms with Gasteiger partial charge in [-0.2, -0.15) is 0 Å². The van der Waals surface area contributed by atoms with E-state index >= 15 is 0 Å². The maximum absolute atomic E-state index is 11.8. The highest BCUT2D eigenvalue weighted by molar-refractivity contribution is 6.42. The normalized spacial score (nSPS) is 16.3. The van der Waals surface area contributed by atoms with Crippen LogP contribution in [-0.4, -0.2) is 56.4 Å². The van der Waals surface area contributed by atoms with Gasteiger partial charge in [0.15, 0.2) is 11.5 Å². The first-order chi connectivity index (χ1) is 16.2. The number of fused-ring (bicyclic) bond motifs is 1. The van der Waals surface area contributed by atoms with Gasteiger partial charge in [-0.3, -0.25) is 4.74 Å². The van der Waals surface area contributed by atoms with E-state index in [4.69, 9.17) is 37.4 Å². The van der Waals surface area contributed by atoms with E-state index < -0.39 is 30.6 Å². The number of nitrogens with one attached hydrogen (secondary N) is 1. The Hall–Kier alpha value is -2.56. The SMILES string of the molecule is COC(=O)C(O[C@@H]1Oc2ccc(C[C@@H](C)NC[C@H](O)c3ccc(Cl)c(Cl)c3)cc2O1)C(=O)OC.